The Hall–Kier alpha value is -0.590. The van der Waals surface area contributed by atoms with Crippen LogP contribution in [0.15, 0.2) is 17.3 Å². The molecule has 0 rings (SSSR count). The predicted molar refractivity (Wildman–Crippen MR) is 47.4 cm³/mol. The van der Waals surface area contributed by atoms with E-state index in [2.05, 4.69) is 24.9 Å². The van der Waals surface area contributed by atoms with Gasteiger partial charge in [-0.1, -0.05) is 32.8 Å². The molecule has 0 bridgehead atoms. The summed E-state index contributed by atoms with van der Waals surface area (Å²) >= 11 is 0. The van der Waals surface area contributed by atoms with E-state index in [1.807, 2.05) is 12.4 Å². The zero-order valence-electron chi connectivity index (χ0n) is 7.01. The van der Waals surface area contributed by atoms with Crippen LogP contribution in [0.1, 0.15) is 39.5 Å². The molecule has 0 spiro atoms. The molecule has 0 unspecified atom stereocenters. The molecule has 1 heteroatoms. The zero-order valence-corrected chi connectivity index (χ0v) is 7.01. The lowest BCUT2D eigenvalue weighted by Crippen LogP contribution is -1.69. The molecule has 0 aliphatic rings. The first-order valence-electron chi connectivity index (χ1n) is 4.08. The predicted octanol–water partition coefficient (Wildman–Crippen LogP) is 3.17. The number of nitrogens with zero attached hydrogens (tertiary/aromatic N) is 1. The second kappa shape index (κ2) is 8.41. The summed E-state index contributed by atoms with van der Waals surface area (Å²) in [6, 6.07) is 0. The van der Waals surface area contributed by atoms with Crippen molar-refractivity contribution < 1.29 is 0 Å². The van der Waals surface area contributed by atoms with Crippen molar-refractivity contribution in [3.8, 4) is 0 Å². The van der Waals surface area contributed by atoms with Gasteiger partial charge in [-0.2, -0.15) is 0 Å². The third-order valence-electron chi connectivity index (χ3n) is 1.17. The summed E-state index contributed by atoms with van der Waals surface area (Å²) in [6.07, 6.45) is 10.6. The summed E-state index contributed by atoms with van der Waals surface area (Å²) in [4.78, 5) is 4.09. The number of aliphatic imine (C=N–C) groups is 1. The molecule has 0 N–H and O–H groups in total. The van der Waals surface area contributed by atoms with Crippen molar-refractivity contribution in [3.05, 3.63) is 12.3 Å². The molecule has 0 radical (unpaired) electrons. The largest absolute Gasteiger partial charge is 0.269 e. The van der Waals surface area contributed by atoms with Crippen LogP contribution >= 0.6 is 0 Å². The molecule has 58 valence electrons. The smallest absolute Gasteiger partial charge is 0.0223 e. The lowest BCUT2D eigenvalue weighted by Gasteiger charge is -1.81. The Morgan fingerprint density at radius 2 is 1.80 bits per heavy atom. The van der Waals surface area contributed by atoms with Crippen molar-refractivity contribution in [2.24, 2.45) is 4.99 Å². The summed E-state index contributed by atoms with van der Waals surface area (Å²) in [5, 5.41) is 0. The molecule has 0 amide bonds. The van der Waals surface area contributed by atoms with Gasteiger partial charge in [0, 0.05) is 12.4 Å². The topological polar surface area (TPSA) is 12.4 Å². The molecule has 0 aliphatic heterocycles. The van der Waals surface area contributed by atoms with Gasteiger partial charge in [0.1, 0.15) is 0 Å². The maximum Gasteiger partial charge on any atom is 0.0223 e. The van der Waals surface area contributed by atoms with Crippen LogP contribution in [0, 0.1) is 0 Å². The Balaban J connectivity index is 3.15. The Morgan fingerprint density at radius 1 is 1.10 bits per heavy atom. The van der Waals surface area contributed by atoms with Crippen molar-refractivity contribution in [1.82, 2.24) is 0 Å². The van der Waals surface area contributed by atoms with Gasteiger partial charge in [-0.25, -0.2) is 0 Å². The van der Waals surface area contributed by atoms with Gasteiger partial charge in [0.15, 0.2) is 0 Å². The Labute approximate surface area is 63.9 Å². The van der Waals surface area contributed by atoms with Gasteiger partial charge in [-0.05, 0) is 12.8 Å². The first kappa shape index (κ1) is 9.41. The molecule has 0 aliphatic carbocycles. The summed E-state index contributed by atoms with van der Waals surface area (Å²) in [5.41, 5.74) is 0. The number of hydrogen-bond acceptors (Lipinski definition) is 1. The SMILES string of the molecule is CCCC=N/C=C/CCC. The molecule has 0 fully saturated rings. The van der Waals surface area contributed by atoms with Gasteiger partial charge >= 0.3 is 0 Å². The second-order valence-corrected chi connectivity index (χ2v) is 2.29. The van der Waals surface area contributed by atoms with Gasteiger partial charge in [0.25, 0.3) is 0 Å². The third-order valence-corrected chi connectivity index (χ3v) is 1.17. The van der Waals surface area contributed by atoms with E-state index in [1.54, 1.807) is 0 Å². The molecule has 0 heterocycles. The molecule has 0 aromatic heterocycles. The van der Waals surface area contributed by atoms with Crippen LogP contribution in [0.3, 0.4) is 0 Å². The molecule has 0 atom stereocenters. The van der Waals surface area contributed by atoms with Gasteiger partial charge in [-0.15, -0.1) is 0 Å². The Bertz CT molecular complexity index is 89.3. The van der Waals surface area contributed by atoms with Crippen molar-refractivity contribution in [3.63, 3.8) is 0 Å². The molecular formula is C9H17N. The Kier molecular flexibility index (Phi) is 7.91. The minimum atomic E-state index is 1.09. The van der Waals surface area contributed by atoms with E-state index in [-0.39, 0.29) is 0 Å². The van der Waals surface area contributed by atoms with Crippen LogP contribution < -0.4 is 0 Å². The van der Waals surface area contributed by atoms with Crippen molar-refractivity contribution in [2.45, 2.75) is 39.5 Å². The third kappa shape index (κ3) is 7.41. The van der Waals surface area contributed by atoms with Crippen molar-refractivity contribution >= 4 is 6.21 Å². The summed E-state index contributed by atoms with van der Waals surface area (Å²) in [7, 11) is 0. The van der Waals surface area contributed by atoms with E-state index in [4.69, 9.17) is 0 Å². The highest BCUT2D eigenvalue weighted by Gasteiger charge is 1.71. The minimum Gasteiger partial charge on any atom is -0.269 e. The lowest BCUT2D eigenvalue weighted by atomic mass is 10.3. The Morgan fingerprint density at radius 3 is 2.40 bits per heavy atom. The fourth-order valence-electron chi connectivity index (χ4n) is 0.567. The van der Waals surface area contributed by atoms with Gasteiger partial charge < -0.3 is 0 Å². The second-order valence-electron chi connectivity index (χ2n) is 2.29. The van der Waals surface area contributed by atoms with E-state index in [9.17, 15) is 0 Å². The number of rotatable bonds is 5. The van der Waals surface area contributed by atoms with Crippen molar-refractivity contribution in [1.29, 1.82) is 0 Å². The molecule has 0 aromatic rings. The molecule has 0 saturated heterocycles. The average molecular weight is 139 g/mol. The molecule has 1 nitrogen and oxygen atoms in total. The summed E-state index contributed by atoms with van der Waals surface area (Å²) < 4.78 is 0. The normalized spacial score (nSPS) is 11.8. The standard InChI is InChI=1S/C9H17N/c1-3-5-7-9-10-8-6-4-2/h7-9H,3-6H2,1-2H3/b9-7+,10-8?. The average Bonchev–Trinajstić information content (AvgIpc) is 1.97. The van der Waals surface area contributed by atoms with Crippen LogP contribution in [0.4, 0.5) is 0 Å². The quantitative estimate of drug-likeness (QED) is 0.519. The number of hydrogen-bond donors (Lipinski definition) is 0. The highest BCUT2D eigenvalue weighted by atomic mass is 14.7. The lowest BCUT2D eigenvalue weighted by molar-refractivity contribution is 0.955. The zero-order chi connectivity index (χ0) is 7.66. The van der Waals surface area contributed by atoms with Crippen LogP contribution in [-0.2, 0) is 0 Å². The minimum absolute atomic E-state index is 1.09. The summed E-state index contributed by atoms with van der Waals surface area (Å²) in [6.45, 7) is 4.32. The number of unbranched alkanes of at least 4 members (excludes halogenated alkanes) is 2. The molecule has 10 heavy (non-hydrogen) atoms. The first-order valence-corrected chi connectivity index (χ1v) is 4.08. The van der Waals surface area contributed by atoms with Crippen LogP contribution in [-0.4, -0.2) is 6.21 Å². The maximum atomic E-state index is 4.09. The van der Waals surface area contributed by atoms with Crippen LogP contribution in [0.2, 0.25) is 0 Å². The fraction of sp³-hybridized carbons (Fsp3) is 0.667. The monoisotopic (exact) mass is 139 g/mol. The number of allylic oxidation sites excluding steroid dienone is 1. The maximum absolute atomic E-state index is 4.09. The van der Waals surface area contributed by atoms with E-state index < -0.39 is 0 Å². The van der Waals surface area contributed by atoms with E-state index in [0.717, 1.165) is 12.8 Å². The highest BCUT2D eigenvalue weighted by molar-refractivity contribution is 5.57. The van der Waals surface area contributed by atoms with Gasteiger partial charge in [0.05, 0.1) is 0 Å². The van der Waals surface area contributed by atoms with E-state index in [1.165, 1.54) is 12.8 Å². The molecule has 0 saturated carbocycles. The van der Waals surface area contributed by atoms with Gasteiger partial charge in [-0.3, -0.25) is 4.99 Å². The van der Waals surface area contributed by atoms with Crippen LogP contribution in [0.25, 0.3) is 0 Å². The van der Waals surface area contributed by atoms with Crippen molar-refractivity contribution in [2.75, 3.05) is 0 Å². The van der Waals surface area contributed by atoms with Gasteiger partial charge in [0.2, 0.25) is 0 Å². The van der Waals surface area contributed by atoms with E-state index in [0.29, 0.717) is 0 Å². The molecule has 0 aromatic carbocycles. The first-order chi connectivity index (χ1) is 4.91. The van der Waals surface area contributed by atoms with Crippen LogP contribution in [0.5, 0.6) is 0 Å². The molecular weight excluding hydrogens is 122 g/mol. The highest BCUT2D eigenvalue weighted by Crippen LogP contribution is 1.88. The fourth-order valence-corrected chi connectivity index (χ4v) is 0.567. The van der Waals surface area contributed by atoms with E-state index >= 15 is 0 Å². The summed E-state index contributed by atoms with van der Waals surface area (Å²) in [5.74, 6) is 0.